The molecule has 1 aromatic heterocycles. The number of aromatic nitrogens is 2. The number of anilines is 1. The number of nitrogen functional groups attached to an aromatic ring is 1. The summed E-state index contributed by atoms with van der Waals surface area (Å²) in [5.41, 5.74) is 7.04. The Morgan fingerprint density at radius 1 is 1.55 bits per heavy atom. The summed E-state index contributed by atoms with van der Waals surface area (Å²) >= 11 is 0. The van der Waals surface area contributed by atoms with Crippen LogP contribution in [0.15, 0.2) is 0 Å². The second-order valence-electron chi connectivity index (χ2n) is 5.40. The molecular weight excluding hydrogens is 280 g/mol. The third-order valence-corrected chi connectivity index (χ3v) is 5.85. The molecule has 7 nitrogen and oxygen atoms in total. The average Bonchev–Trinajstić information content (AvgIpc) is 2.89. The summed E-state index contributed by atoms with van der Waals surface area (Å²) in [6.45, 7) is 4.00. The van der Waals surface area contributed by atoms with Crippen LogP contribution < -0.4 is 11.1 Å². The number of rotatable bonds is 4. The molecule has 112 valence electrons. The number of carbonyl (C=O) groups excluding carboxylic acids is 1. The first-order chi connectivity index (χ1) is 9.33. The fourth-order valence-corrected chi connectivity index (χ4v) is 4.12. The van der Waals surface area contributed by atoms with Crippen LogP contribution in [0.3, 0.4) is 0 Å². The number of sulfone groups is 1. The lowest BCUT2D eigenvalue weighted by Gasteiger charge is -2.10. The van der Waals surface area contributed by atoms with E-state index >= 15 is 0 Å². The van der Waals surface area contributed by atoms with Crippen LogP contribution in [0.4, 0.5) is 5.69 Å². The lowest BCUT2D eigenvalue weighted by Crippen LogP contribution is -2.35. The average molecular weight is 300 g/mol. The zero-order valence-corrected chi connectivity index (χ0v) is 12.5. The Morgan fingerprint density at radius 3 is 2.75 bits per heavy atom. The Labute approximate surface area is 118 Å². The first kappa shape index (κ1) is 14.8. The van der Waals surface area contributed by atoms with Crippen LogP contribution >= 0.6 is 0 Å². The molecule has 1 fully saturated rings. The summed E-state index contributed by atoms with van der Waals surface area (Å²) < 4.78 is 23.3. The molecule has 20 heavy (non-hydrogen) atoms. The standard InChI is InChI=1S/C12H20N4O3S/c1-7(2)10-9(13)11(16-15-10)12(17)14-6-8-4-3-5-20(8,18)19/h7-8H,3-6,13H2,1-2H3,(H,14,17)(H,15,16). The van der Waals surface area contributed by atoms with E-state index in [2.05, 4.69) is 15.5 Å². The van der Waals surface area contributed by atoms with E-state index in [0.717, 1.165) is 0 Å². The fourth-order valence-electron chi connectivity index (χ4n) is 2.36. The van der Waals surface area contributed by atoms with Crippen molar-refractivity contribution in [1.29, 1.82) is 0 Å². The summed E-state index contributed by atoms with van der Waals surface area (Å²) in [4.78, 5) is 12.0. The first-order valence-corrected chi connectivity index (χ1v) is 8.38. The molecule has 0 spiro atoms. The van der Waals surface area contributed by atoms with E-state index in [-0.39, 0.29) is 23.9 Å². The largest absolute Gasteiger partial charge is 0.395 e. The highest BCUT2D eigenvalue weighted by Crippen LogP contribution is 2.22. The number of amides is 1. The molecule has 1 aromatic rings. The minimum Gasteiger partial charge on any atom is -0.395 e. The summed E-state index contributed by atoms with van der Waals surface area (Å²) in [6, 6.07) is 0. The zero-order valence-electron chi connectivity index (χ0n) is 11.6. The number of nitrogens with zero attached hydrogens (tertiary/aromatic N) is 1. The molecule has 0 saturated carbocycles. The van der Waals surface area contributed by atoms with Crippen molar-refractivity contribution in [3.8, 4) is 0 Å². The van der Waals surface area contributed by atoms with Crippen molar-refractivity contribution in [2.24, 2.45) is 0 Å². The maximum Gasteiger partial charge on any atom is 0.273 e. The molecule has 1 atom stereocenters. The van der Waals surface area contributed by atoms with Gasteiger partial charge in [0.05, 0.1) is 22.4 Å². The molecule has 0 bridgehead atoms. The van der Waals surface area contributed by atoms with Gasteiger partial charge in [-0.2, -0.15) is 5.10 Å². The van der Waals surface area contributed by atoms with Gasteiger partial charge in [0.25, 0.3) is 5.91 Å². The summed E-state index contributed by atoms with van der Waals surface area (Å²) in [6.07, 6.45) is 1.25. The number of aromatic amines is 1. The molecule has 0 radical (unpaired) electrons. The second kappa shape index (κ2) is 5.43. The van der Waals surface area contributed by atoms with E-state index in [4.69, 9.17) is 5.73 Å². The first-order valence-electron chi connectivity index (χ1n) is 6.66. The Morgan fingerprint density at radius 2 is 2.25 bits per heavy atom. The van der Waals surface area contributed by atoms with Gasteiger partial charge < -0.3 is 11.1 Å². The molecule has 1 unspecified atom stereocenters. The normalized spacial score (nSPS) is 21.2. The third-order valence-electron chi connectivity index (χ3n) is 3.58. The van der Waals surface area contributed by atoms with Gasteiger partial charge in [-0.15, -0.1) is 0 Å². The minimum absolute atomic E-state index is 0.116. The van der Waals surface area contributed by atoms with Crippen molar-refractivity contribution in [2.75, 3.05) is 18.0 Å². The van der Waals surface area contributed by atoms with E-state index in [1.165, 1.54) is 0 Å². The van der Waals surface area contributed by atoms with E-state index in [9.17, 15) is 13.2 Å². The smallest absolute Gasteiger partial charge is 0.273 e. The SMILES string of the molecule is CC(C)c1[nH]nc(C(=O)NCC2CCCS2(=O)=O)c1N. The molecule has 2 rings (SSSR count). The quantitative estimate of drug-likeness (QED) is 0.745. The molecule has 2 heterocycles. The van der Waals surface area contributed by atoms with Gasteiger partial charge in [-0.3, -0.25) is 9.89 Å². The number of nitrogens with one attached hydrogen (secondary N) is 2. The van der Waals surface area contributed by atoms with E-state index < -0.39 is 21.0 Å². The van der Waals surface area contributed by atoms with E-state index in [1.807, 2.05) is 13.8 Å². The monoisotopic (exact) mass is 300 g/mol. The number of hydrogen-bond acceptors (Lipinski definition) is 5. The number of H-pyrrole nitrogens is 1. The molecule has 0 aliphatic carbocycles. The molecule has 1 aliphatic rings. The van der Waals surface area contributed by atoms with Gasteiger partial charge in [0.2, 0.25) is 0 Å². The van der Waals surface area contributed by atoms with Crippen LogP contribution in [0.2, 0.25) is 0 Å². The molecule has 4 N–H and O–H groups in total. The van der Waals surface area contributed by atoms with Gasteiger partial charge in [-0.05, 0) is 18.8 Å². The van der Waals surface area contributed by atoms with Crippen LogP contribution in [0.5, 0.6) is 0 Å². The lowest BCUT2D eigenvalue weighted by molar-refractivity contribution is 0.0949. The van der Waals surface area contributed by atoms with Crippen LogP contribution in [0.25, 0.3) is 0 Å². The molecule has 1 aliphatic heterocycles. The Kier molecular flexibility index (Phi) is 4.03. The van der Waals surface area contributed by atoms with Crippen molar-refractivity contribution in [2.45, 2.75) is 37.9 Å². The van der Waals surface area contributed by atoms with Crippen LogP contribution in [-0.4, -0.2) is 42.1 Å². The van der Waals surface area contributed by atoms with E-state index in [1.54, 1.807) is 0 Å². The number of hydrogen-bond donors (Lipinski definition) is 3. The Balaban J connectivity index is 2.02. The van der Waals surface area contributed by atoms with Crippen molar-refractivity contribution in [3.05, 3.63) is 11.4 Å². The topological polar surface area (TPSA) is 118 Å². The highest BCUT2D eigenvalue weighted by atomic mass is 32.2. The molecule has 8 heteroatoms. The van der Waals surface area contributed by atoms with Crippen LogP contribution in [-0.2, 0) is 9.84 Å². The maximum atomic E-state index is 12.0. The third kappa shape index (κ3) is 2.79. The van der Waals surface area contributed by atoms with Gasteiger partial charge in [0.15, 0.2) is 15.5 Å². The predicted octanol–water partition coefficient (Wildman–Crippen LogP) is 0.422. The van der Waals surface area contributed by atoms with Gasteiger partial charge in [-0.1, -0.05) is 13.8 Å². The summed E-state index contributed by atoms with van der Waals surface area (Å²) in [7, 11) is -3.06. The maximum absolute atomic E-state index is 12.0. The summed E-state index contributed by atoms with van der Waals surface area (Å²) in [5.74, 6) is -0.0951. The number of nitrogens with two attached hydrogens (primary N) is 1. The fraction of sp³-hybridized carbons (Fsp3) is 0.667. The minimum atomic E-state index is -3.06. The van der Waals surface area contributed by atoms with Crippen molar-refractivity contribution in [1.82, 2.24) is 15.5 Å². The number of carbonyl (C=O) groups is 1. The highest BCUT2D eigenvalue weighted by Gasteiger charge is 2.31. The highest BCUT2D eigenvalue weighted by molar-refractivity contribution is 7.92. The molecular formula is C12H20N4O3S. The molecule has 1 amide bonds. The van der Waals surface area contributed by atoms with Gasteiger partial charge >= 0.3 is 0 Å². The lowest BCUT2D eigenvalue weighted by atomic mass is 10.1. The van der Waals surface area contributed by atoms with Crippen molar-refractivity contribution < 1.29 is 13.2 Å². The molecule has 0 aromatic carbocycles. The second-order valence-corrected chi connectivity index (χ2v) is 7.80. The Bertz CT molecular complexity index is 606. The zero-order chi connectivity index (χ0) is 14.9. The van der Waals surface area contributed by atoms with Crippen LogP contribution in [0.1, 0.15) is 48.8 Å². The molecule has 1 saturated heterocycles. The van der Waals surface area contributed by atoms with E-state index in [0.29, 0.717) is 24.2 Å². The Hall–Kier alpha value is -1.57. The van der Waals surface area contributed by atoms with Gasteiger partial charge in [-0.25, -0.2) is 8.42 Å². The van der Waals surface area contributed by atoms with Crippen molar-refractivity contribution in [3.63, 3.8) is 0 Å². The van der Waals surface area contributed by atoms with Gasteiger partial charge in [0, 0.05) is 6.54 Å². The van der Waals surface area contributed by atoms with Crippen LogP contribution in [0, 0.1) is 0 Å². The van der Waals surface area contributed by atoms with Crippen molar-refractivity contribution >= 4 is 21.4 Å². The van der Waals surface area contributed by atoms with Gasteiger partial charge in [0.1, 0.15) is 0 Å². The summed E-state index contributed by atoms with van der Waals surface area (Å²) in [5, 5.41) is 8.77. The predicted molar refractivity (Wildman–Crippen MR) is 76.2 cm³/mol.